The number of hydrogen-bond donors (Lipinski definition) is 12. The predicted molar refractivity (Wildman–Crippen MR) is 75.5 cm³/mol. The fraction of sp³-hybridized carbons (Fsp3) is 0. The Balaban J connectivity index is -0.00000000213. The van der Waals surface area contributed by atoms with Gasteiger partial charge in [-0.3, -0.25) is 0 Å². The first-order valence-corrected chi connectivity index (χ1v) is 4.38. The van der Waals surface area contributed by atoms with Gasteiger partial charge >= 0.3 is 50.3 Å². The van der Waals surface area contributed by atoms with Crippen molar-refractivity contribution in [3.05, 3.63) is 0 Å². The van der Waals surface area contributed by atoms with Gasteiger partial charge in [-0.2, -0.15) is 15.6 Å². The van der Waals surface area contributed by atoms with Crippen molar-refractivity contribution in [3.8, 4) is 0 Å². The van der Waals surface area contributed by atoms with E-state index in [4.69, 9.17) is 38.5 Å². The Kier molecular flexibility index (Phi) is 661. The van der Waals surface area contributed by atoms with E-state index in [1.54, 1.807) is 0 Å². The van der Waals surface area contributed by atoms with E-state index in [1.807, 2.05) is 0 Å². The zero-order valence-corrected chi connectivity index (χ0v) is 18.6. The van der Waals surface area contributed by atoms with Gasteiger partial charge in [-0.05, 0) is 0 Å². The van der Waals surface area contributed by atoms with E-state index in [0.717, 1.165) is 0 Å². The average molecular weight is 571 g/mol. The monoisotopic (exact) mass is 571 g/mol. The van der Waals surface area contributed by atoms with Crippen molar-refractivity contribution in [2.24, 2.45) is 0 Å². The molecule has 0 atom stereocenters. The van der Waals surface area contributed by atoms with E-state index >= 15 is 0 Å². The molecule has 0 spiro atoms. The maximum atomic E-state index is 8.55. The van der Waals surface area contributed by atoms with Crippen LogP contribution >= 0.6 is 15.6 Å². The van der Waals surface area contributed by atoms with Crippen LogP contribution < -0.4 is 103 Å². The van der Waals surface area contributed by atoms with Crippen molar-refractivity contribution < 1.29 is 88.8 Å². The molecule has 36 N–H and O–H groups in total. The zero-order valence-electron chi connectivity index (χ0n) is 13.6. The van der Waals surface area contributed by atoms with Crippen LogP contribution in [0.1, 0.15) is 0 Å². The summed E-state index contributed by atoms with van der Waals surface area (Å²) in [5, 5.41) is 0. The summed E-state index contributed by atoms with van der Waals surface area (Å²) >= 11 is 0. The summed E-state index contributed by atoms with van der Waals surface area (Å²) in [7, 11) is -10.8. The summed E-state index contributed by atoms with van der Waals surface area (Å²) in [5.41, 5.74) is 0. The fourth-order valence-electron chi connectivity index (χ4n) is 0. The van der Waals surface area contributed by atoms with E-state index in [0.29, 0.717) is 0 Å². The molecule has 3 radical (unpaired) electrons. The molecule has 181 valence electrons. The van der Waals surface area contributed by atoms with E-state index in [2.05, 4.69) is 0 Å². The average Bonchev–Trinajstić information content (AvgIpc) is 1.12. The Labute approximate surface area is 178 Å². The van der Waals surface area contributed by atoms with Crippen LogP contribution in [0.4, 0.5) is 0 Å². The SMILES string of the molecule is N.N.N.N.N.N.N.N.N.N.N.N.O=P([O-])([O-])[O-].O=P([O-])([O-])[O-].[Co+2].[Co+2].[Co+2]. The van der Waals surface area contributed by atoms with E-state index in [9.17, 15) is 0 Å². The van der Waals surface area contributed by atoms with Crippen LogP contribution in [-0.4, -0.2) is 0 Å². The molecule has 0 amide bonds. The van der Waals surface area contributed by atoms with Gasteiger partial charge in [-0.1, -0.05) is 0 Å². The van der Waals surface area contributed by atoms with Gasteiger partial charge in [0.25, 0.3) is 0 Å². The molecule has 0 aromatic heterocycles. The summed E-state index contributed by atoms with van der Waals surface area (Å²) in [5.74, 6) is 0. The smallest absolute Gasteiger partial charge is 0.822 e. The van der Waals surface area contributed by atoms with Gasteiger partial charge in [0.1, 0.15) is 0 Å². The second kappa shape index (κ2) is 84.6. The molecule has 0 saturated carbocycles. The van der Waals surface area contributed by atoms with Crippen molar-refractivity contribution in [1.29, 1.82) is 0 Å². The molecule has 0 aliphatic rings. The molecule has 25 heteroatoms. The molecular weight excluding hydrogens is 535 g/mol. The summed E-state index contributed by atoms with van der Waals surface area (Å²) in [6.07, 6.45) is 0. The summed E-state index contributed by atoms with van der Waals surface area (Å²) in [4.78, 5) is 51.3. The van der Waals surface area contributed by atoms with Crippen LogP contribution in [0.25, 0.3) is 0 Å². The maximum Gasteiger partial charge on any atom is 2.00 e. The Morgan fingerprint density at radius 2 is 0.320 bits per heavy atom. The van der Waals surface area contributed by atoms with Crippen LogP contribution in [0.3, 0.4) is 0 Å². The predicted octanol–water partition coefficient (Wildman–Crippen LogP) is -3.71. The van der Waals surface area contributed by atoms with Gasteiger partial charge in [-0.25, -0.2) is 0 Å². The molecule has 0 rings (SSSR count). The minimum atomic E-state index is -5.39. The Bertz CT molecular complexity index is 155. The maximum absolute atomic E-state index is 8.55. The first kappa shape index (κ1) is 195. The van der Waals surface area contributed by atoms with Gasteiger partial charge < -0.3 is 112 Å². The molecule has 0 aliphatic carbocycles. The molecule has 0 heterocycles. The molecule has 0 bridgehead atoms. The van der Waals surface area contributed by atoms with Gasteiger partial charge in [0, 0.05) is 0 Å². The third-order valence-corrected chi connectivity index (χ3v) is 0. The van der Waals surface area contributed by atoms with E-state index in [1.165, 1.54) is 0 Å². The van der Waals surface area contributed by atoms with Crippen molar-refractivity contribution in [2.45, 2.75) is 0 Å². The van der Waals surface area contributed by atoms with Crippen LogP contribution in [0, 0.1) is 0 Å². The van der Waals surface area contributed by atoms with Crippen LogP contribution in [0.2, 0.25) is 0 Å². The third-order valence-electron chi connectivity index (χ3n) is 0. The number of phosphoric acid groups is 2. The van der Waals surface area contributed by atoms with Crippen molar-refractivity contribution >= 4 is 15.6 Å². The number of hydrogen-bond acceptors (Lipinski definition) is 20. The fourth-order valence-corrected chi connectivity index (χ4v) is 0. The standard InChI is InChI=1S/3Co.12H3N.2H3O4P/c;;;;;;;;;;;;;;;2*1-5(2,3)4/h;;;12*1H3;2*(H3,1,2,3,4)/q3*+2;;;;;;;;;;;;;;/p-6. The van der Waals surface area contributed by atoms with Crippen LogP contribution in [0.15, 0.2) is 0 Å². The van der Waals surface area contributed by atoms with Crippen LogP contribution in [-0.2, 0) is 59.5 Å². The quantitative estimate of drug-likeness (QED) is 0.124. The minimum absolute atomic E-state index is 0. The number of rotatable bonds is 0. The summed E-state index contributed by atoms with van der Waals surface area (Å²) in [6.45, 7) is 0. The Hall–Kier alpha value is 1.26. The second-order valence-electron chi connectivity index (χ2n) is 0.894. The molecular formula is H36Co3N12O8P2. The Morgan fingerprint density at radius 3 is 0.320 bits per heavy atom. The second-order valence-corrected chi connectivity index (χ2v) is 2.68. The van der Waals surface area contributed by atoms with Crippen LogP contribution in [0.5, 0.6) is 0 Å². The largest absolute Gasteiger partial charge is 2.00 e. The zero-order chi connectivity index (χ0) is 9.00. The first-order valence-electron chi connectivity index (χ1n) is 1.46. The normalized spacial score (nSPS) is 4.72. The molecule has 20 nitrogen and oxygen atoms in total. The minimum Gasteiger partial charge on any atom is -0.822 e. The molecule has 0 saturated heterocycles. The third kappa shape index (κ3) is 8610. The molecule has 0 fully saturated rings. The van der Waals surface area contributed by atoms with Gasteiger partial charge in [0.15, 0.2) is 0 Å². The van der Waals surface area contributed by atoms with Gasteiger partial charge in [-0.15, -0.1) is 0 Å². The van der Waals surface area contributed by atoms with Crippen molar-refractivity contribution in [3.63, 3.8) is 0 Å². The molecule has 0 unspecified atom stereocenters. The topological polar surface area (TPSA) is 592 Å². The summed E-state index contributed by atoms with van der Waals surface area (Å²) in [6, 6.07) is 0. The van der Waals surface area contributed by atoms with E-state index in [-0.39, 0.29) is 124 Å². The van der Waals surface area contributed by atoms with E-state index < -0.39 is 15.6 Å². The van der Waals surface area contributed by atoms with Gasteiger partial charge in [0.2, 0.25) is 0 Å². The van der Waals surface area contributed by atoms with Crippen molar-refractivity contribution in [2.75, 3.05) is 0 Å². The van der Waals surface area contributed by atoms with Gasteiger partial charge in [0.05, 0.1) is 0 Å². The molecule has 0 aliphatic heterocycles. The first-order chi connectivity index (χ1) is 4.00. The molecule has 25 heavy (non-hydrogen) atoms. The Morgan fingerprint density at radius 1 is 0.320 bits per heavy atom. The molecule has 0 aromatic rings. The van der Waals surface area contributed by atoms with Crippen molar-refractivity contribution in [1.82, 2.24) is 73.8 Å². The molecule has 0 aromatic carbocycles. The summed E-state index contributed by atoms with van der Waals surface area (Å²) < 4.78 is 17.1.